The van der Waals surface area contributed by atoms with E-state index in [2.05, 4.69) is 31.2 Å². The van der Waals surface area contributed by atoms with Crippen LogP contribution < -0.4 is 5.32 Å². The molecule has 0 aliphatic carbocycles. The summed E-state index contributed by atoms with van der Waals surface area (Å²) in [4.78, 5) is 11.9. The van der Waals surface area contributed by atoms with Crippen molar-refractivity contribution >= 4 is 11.6 Å². The third kappa shape index (κ3) is 4.96. The second kappa shape index (κ2) is 6.39. The number of anilines is 1. The third-order valence-electron chi connectivity index (χ3n) is 3.39. The lowest BCUT2D eigenvalue weighted by molar-refractivity contribution is -0.117. The lowest BCUT2D eigenvalue weighted by Crippen LogP contribution is -2.20. The quantitative estimate of drug-likeness (QED) is 0.922. The highest BCUT2D eigenvalue weighted by Gasteiger charge is 2.17. The predicted molar refractivity (Wildman–Crippen MR) is 78.5 cm³/mol. The van der Waals surface area contributed by atoms with Crippen molar-refractivity contribution in [1.29, 1.82) is 0 Å². The molecular weight excluding hydrogens is 254 g/mol. The molecule has 0 saturated carbocycles. The summed E-state index contributed by atoms with van der Waals surface area (Å²) in [6, 6.07) is 0. The van der Waals surface area contributed by atoms with Crippen molar-refractivity contribution in [2.75, 3.05) is 18.5 Å². The molecule has 1 N–H and O–H groups in total. The molecule has 0 atom stereocenters. The van der Waals surface area contributed by atoms with Gasteiger partial charge in [-0.15, -0.1) is 0 Å². The van der Waals surface area contributed by atoms with Crippen LogP contribution in [0.5, 0.6) is 0 Å². The van der Waals surface area contributed by atoms with Gasteiger partial charge in [-0.05, 0) is 24.2 Å². The van der Waals surface area contributed by atoms with Gasteiger partial charge in [-0.1, -0.05) is 20.8 Å². The van der Waals surface area contributed by atoms with E-state index in [1.54, 1.807) is 6.20 Å². The van der Waals surface area contributed by atoms with E-state index in [9.17, 15) is 4.79 Å². The highest BCUT2D eigenvalue weighted by Crippen LogP contribution is 2.20. The Morgan fingerprint density at radius 2 is 2.15 bits per heavy atom. The summed E-state index contributed by atoms with van der Waals surface area (Å²) in [6.07, 6.45) is 6.32. The number of hydrogen-bond acceptors (Lipinski definition) is 3. The molecule has 0 bridgehead atoms. The summed E-state index contributed by atoms with van der Waals surface area (Å²) in [5.74, 6) is 0.671. The van der Waals surface area contributed by atoms with Crippen LogP contribution in [0.3, 0.4) is 0 Å². The van der Waals surface area contributed by atoms with Crippen molar-refractivity contribution < 1.29 is 9.53 Å². The zero-order valence-corrected chi connectivity index (χ0v) is 12.7. The summed E-state index contributed by atoms with van der Waals surface area (Å²) in [7, 11) is 0. The number of rotatable bonds is 4. The molecule has 5 heteroatoms. The van der Waals surface area contributed by atoms with Gasteiger partial charge in [-0.2, -0.15) is 5.10 Å². The highest BCUT2D eigenvalue weighted by atomic mass is 16.5. The van der Waals surface area contributed by atoms with Crippen molar-refractivity contribution in [3.8, 4) is 0 Å². The molecule has 1 fully saturated rings. The molecule has 1 aromatic rings. The van der Waals surface area contributed by atoms with Crippen LogP contribution in [-0.4, -0.2) is 28.9 Å². The molecule has 0 unspecified atom stereocenters. The van der Waals surface area contributed by atoms with Gasteiger partial charge in [0.25, 0.3) is 0 Å². The molecule has 5 nitrogen and oxygen atoms in total. The zero-order valence-electron chi connectivity index (χ0n) is 12.7. The summed E-state index contributed by atoms with van der Waals surface area (Å²) < 4.78 is 7.27. The van der Waals surface area contributed by atoms with Gasteiger partial charge in [-0.3, -0.25) is 9.48 Å². The Labute approximate surface area is 120 Å². The second-order valence-electron chi connectivity index (χ2n) is 6.79. The fraction of sp³-hybridized carbons (Fsp3) is 0.733. The van der Waals surface area contributed by atoms with Crippen LogP contribution in [0.25, 0.3) is 0 Å². The first-order valence-electron chi connectivity index (χ1n) is 7.32. The monoisotopic (exact) mass is 279 g/mol. The Hall–Kier alpha value is -1.36. The lowest BCUT2D eigenvalue weighted by Gasteiger charge is -2.21. The van der Waals surface area contributed by atoms with Gasteiger partial charge in [0.15, 0.2) is 0 Å². The number of ether oxygens (including phenoxy) is 1. The smallest absolute Gasteiger partial charge is 0.224 e. The van der Waals surface area contributed by atoms with E-state index in [0.717, 1.165) is 38.3 Å². The van der Waals surface area contributed by atoms with Crippen molar-refractivity contribution in [2.45, 2.75) is 46.6 Å². The molecule has 1 amide bonds. The van der Waals surface area contributed by atoms with Crippen LogP contribution in [0.15, 0.2) is 12.4 Å². The second-order valence-corrected chi connectivity index (χ2v) is 6.79. The first kappa shape index (κ1) is 15.0. The fourth-order valence-corrected chi connectivity index (χ4v) is 2.41. The minimum absolute atomic E-state index is 0.00216. The summed E-state index contributed by atoms with van der Waals surface area (Å²) >= 11 is 0. The van der Waals surface area contributed by atoms with Crippen LogP contribution in [0, 0.1) is 11.3 Å². The van der Waals surface area contributed by atoms with Gasteiger partial charge in [-0.25, -0.2) is 0 Å². The minimum atomic E-state index is 0.00216. The van der Waals surface area contributed by atoms with Gasteiger partial charge >= 0.3 is 0 Å². The number of amides is 1. The van der Waals surface area contributed by atoms with Crippen molar-refractivity contribution in [2.24, 2.45) is 11.3 Å². The molecule has 0 aromatic carbocycles. The van der Waals surface area contributed by atoms with E-state index in [1.165, 1.54) is 0 Å². The fourth-order valence-electron chi connectivity index (χ4n) is 2.41. The van der Waals surface area contributed by atoms with Gasteiger partial charge in [0.2, 0.25) is 5.91 Å². The summed E-state index contributed by atoms with van der Waals surface area (Å²) in [5, 5.41) is 7.23. The van der Waals surface area contributed by atoms with Gasteiger partial charge < -0.3 is 10.1 Å². The number of nitrogens with zero attached hydrogens (tertiary/aromatic N) is 2. The molecule has 112 valence electrons. The SMILES string of the molecule is CC(C)(C)CC(=O)Nc1cnn(CC2CCOCC2)c1. The lowest BCUT2D eigenvalue weighted by atomic mass is 9.92. The molecule has 1 aliphatic heterocycles. The maximum atomic E-state index is 11.9. The molecule has 0 radical (unpaired) electrons. The van der Waals surface area contributed by atoms with Gasteiger partial charge in [0.05, 0.1) is 11.9 Å². The molecule has 20 heavy (non-hydrogen) atoms. The Kier molecular flexibility index (Phi) is 4.81. The van der Waals surface area contributed by atoms with Crippen molar-refractivity contribution in [3.63, 3.8) is 0 Å². The standard InChI is InChI=1S/C15H25N3O2/c1-15(2,3)8-14(19)17-13-9-16-18(11-13)10-12-4-6-20-7-5-12/h9,11-12H,4-8,10H2,1-3H3,(H,17,19). The van der Waals surface area contributed by atoms with E-state index in [0.29, 0.717) is 12.3 Å². The maximum Gasteiger partial charge on any atom is 0.224 e. The number of aromatic nitrogens is 2. The summed E-state index contributed by atoms with van der Waals surface area (Å²) in [5.41, 5.74) is 0.786. The molecule has 2 heterocycles. The molecule has 1 aromatic heterocycles. The third-order valence-corrected chi connectivity index (χ3v) is 3.39. The molecule has 0 spiro atoms. The minimum Gasteiger partial charge on any atom is -0.381 e. The highest BCUT2D eigenvalue weighted by molar-refractivity contribution is 5.90. The van der Waals surface area contributed by atoms with E-state index in [1.807, 2.05) is 10.9 Å². The van der Waals surface area contributed by atoms with Gasteiger partial charge in [0.1, 0.15) is 0 Å². The predicted octanol–water partition coefficient (Wildman–Crippen LogP) is 2.68. The number of carbonyl (C=O) groups is 1. The molecular formula is C15H25N3O2. The topological polar surface area (TPSA) is 56.2 Å². The molecule has 1 aliphatic rings. The average Bonchev–Trinajstić information content (AvgIpc) is 2.75. The van der Waals surface area contributed by atoms with Crippen LogP contribution in [0.1, 0.15) is 40.0 Å². The van der Waals surface area contributed by atoms with E-state index < -0.39 is 0 Å². The van der Waals surface area contributed by atoms with Crippen molar-refractivity contribution in [1.82, 2.24) is 9.78 Å². The summed E-state index contributed by atoms with van der Waals surface area (Å²) in [6.45, 7) is 8.77. The first-order chi connectivity index (χ1) is 9.42. The number of hydrogen-bond donors (Lipinski definition) is 1. The Balaban J connectivity index is 1.84. The Bertz CT molecular complexity index is 442. The van der Waals surface area contributed by atoms with E-state index in [-0.39, 0.29) is 11.3 Å². The number of nitrogens with one attached hydrogen (secondary N) is 1. The molecule has 1 saturated heterocycles. The van der Waals surface area contributed by atoms with Crippen LogP contribution in [0.4, 0.5) is 5.69 Å². The van der Waals surface area contributed by atoms with Crippen LogP contribution >= 0.6 is 0 Å². The van der Waals surface area contributed by atoms with Crippen LogP contribution in [-0.2, 0) is 16.1 Å². The number of carbonyl (C=O) groups excluding carboxylic acids is 1. The van der Waals surface area contributed by atoms with Crippen molar-refractivity contribution in [3.05, 3.63) is 12.4 Å². The molecule has 2 rings (SSSR count). The zero-order chi connectivity index (χ0) is 14.6. The Morgan fingerprint density at radius 1 is 1.45 bits per heavy atom. The first-order valence-corrected chi connectivity index (χ1v) is 7.32. The Morgan fingerprint density at radius 3 is 2.80 bits per heavy atom. The average molecular weight is 279 g/mol. The normalized spacial score (nSPS) is 17.1. The van der Waals surface area contributed by atoms with Gasteiger partial charge in [0, 0.05) is 32.4 Å². The van der Waals surface area contributed by atoms with E-state index >= 15 is 0 Å². The van der Waals surface area contributed by atoms with Crippen LogP contribution in [0.2, 0.25) is 0 Å². The maximum absolute atomic E-state index is 11.9. The largest absolute Gasteiger partial charge is 0.381 e. The van der Waals surface area contributed by atoms with E-state index in [4.69, 9.17) is 4.74 Å².